The Hall–Kier alpha value is -2.49. The molecule has 0 aromatic heterocycles. The Morgan fingerprint density at radius 3 is 2.40 bits per heavy atom. The van der Waals surface area contributed by atoms with Gasteiger partial charge in [0.25, 0.3) is 0 Å². The number of hydrogen-bond donors (Lipinski definition) is 2. The quantitative estimate of drug-likeness (QED) is 0.508. The standard InChI is InChI=1S/C21H26O4/c1-3-4-5-6-7-16-12-18(20(23)13-19(16)22)21(24)14-25-17-10-8-15(2)9-11-17/h8-13,22-23H,3-7,14H2,1-2H3. The van der Waals surface area contributed by atoms with Crippen LogP contribution in [0.1, 0.15) is 54.1 Å². The summed E-state index contributed by atoms with van der Waals surface area (Å²) < 4.78 is 5.49. The van der Waals surface area contributed by atoms with Gasteiger partial charge in [0.15, 0.2) is 6.61 Å². The highest BCUT2D eigenvalue weighted by atomic mass is 16.5. The maximum Gasteiger partial charge on any atom is 0.203 e. The molecule has 25 heavy (non-hydrogen) atoms. The van der Waals surface area contributed by atoms with Crippen molar-refractivity contribution in [3.8, 4) is 17.2 Å². The smallest absolute Gasteiger partial charge is 0.203 e. The molecule has 0 unspecified atom stereocenters. The Labute approximate surface area is 149 Å². The number of hydrogen-bond acceptors (Lipinski definition) is 4. The normalized spacial score (nSPS) is 10.6. The van der Waals surface area contributed by atoms with Crippen molar-refractivity contribution >= 4 is 5.78 Å². The van der Waals surface area contributed by atoms with Crippen molar-refractivity contribution in [1.29, 1.82) is 0 Å². The zero-order valence-electron chi connectivity index (χ0n) is 14.9. The van der Waals surface area contributed by atoms with Gasteiger partial charge >= 0.3 is 0 Å². The van der Waals surface area contributed by atoms with Crippen LogP contribution in [0.4, 0.5) is 0 Å². The number of aromatic hydroxyl groups is 2. The number of unbranched alkanes of at least 4 members (excludes halogenated alkanes) is 3. The second-order valence-corrected chi connectivity index (χ2v) is 6.33. The Morgan fingerprint density at radius 2 is 1.72 bits per heavy atom. The minimum Gasteiger partial charge on any atom is -0.508 e. The number of phenolic OH excluding ortho intramolecular Hbond substituents is 2. The second kappa shape index (κ2) is 9.11. The molecule has 134 valence electrons. The Kier molecular flexibility index (Phi) is 6.87. The average Bonchev–Trinajstić information content (AvgIpc) is 2.59. The number of aryl methyl sites for hydroxylation is 2. The lowest BCUT2D eigenvalue weighted by molar-refractivity contribution is 0.0918. The summed E-state index contributed by atoms with van der Waals surface area (Å²) in [5, 5.41) is 20.0. The predicted molar refractivity (Wildman–Crippen MR) is 98.6 cm³/mol. The number of ether oxygens (including phenoxy) is 1. The molecule has 0 bridgehead atoms. The molecular formula is C21H26O4. The fraction of sp³-hybridized carbons (Fsp3) is 0.381. The Bertz CT molecular complexity index is 705. The summed E-state index contributed by atoms with van der Waals surface area (Å²) in [6.45, 7) is 3.96. The molecule has 0 aliphatic rings. The minimum absolute atomic E-state index is 0.0324. The molecule has 0 saturated carbocycles. The number of Topliss-reactive ketones (excluding diaryl/α,β-unsaturated/α-hetero) is 1. The van der Waals surface area contributed by atoms with Crippen molar-refractivity contribution < 1.29 is 19.7 Å². The molecule has 4 heteroatoms. The Morgan fingerprint density at radius 1 is 1.00 bits per heavy atom. The van der Waals surface area contributed by atoms with Gasteiger partial charge in [-0.1, -0.05) is 43.9 Å². The van der Waals surface area contributed by atoms with E-state index in [1.54, 1.807) is 18.2 Å². The van der Waals surface area contributed by atoms with Gasteiger partial charge < -0.3 is 14.9 Å². The first-order valence-corrected chi connectivity index (χ1v) is 8.78. The van der Waals surface area contributed by atoms with Gasteiger partial charge in [-0.3, -0.25) is 4.79 Å². The van der Waals surface area contributed by atoms with Crippen LogP contribution in [0, 0.1) is 6.92 Å². The lowest BCUT2D eigenvalue weighted by Gasteiger charge is -2.11. The largest absolute Gasteiger partial charge is 0.508 e. The van der Waals surface area contributed by atoms with Gasteiger partial charge in [-0.15, -0.1) is 0 Å². The molecular weight excluding hydrogens is 316 g/mol. The van der Waals surface area contributed by atoms with Gasteiger partial charge in [0.2, 0.25) is 5.78 Å². The summed E-state index contributed by atoms with van der Waals surface area (Å²) in [6, 6.07) is 10.3. The van der Waals surface area contributed by atoms with E-state index in [-0.39, 0.29) is 29.5 Å². The fourth-order valence-electron chi connectivity index (χ4n) is 2.65. The number of ketones is 1. The van der Waals surface area contributed by atoms with Crippen molar-refractivity contribution in [2.75, 3.05) is 6.61 Å². The van der Waals surface area contributed by atoms with E-state index in [2.05, 4.69) is 6.92 Å². The zero-order chi connectivity index (χ0) is 18.2. The number of phenols is 2. The Balaban J connectivity index is 2.03. The van der Waals surface area contributed by atoms with Crippen molar-refractivity contribution in [2.24, 2.45) is 0 Å². The first-order chi connectivity index (χ1) is 12.0. The van der Waals surface area contributed by atoms with Gasteiger partial charge in [0, 0.05) is 6.07 Å². The van der Waals surface area contributed by atoms with Crippen LogP contribution < -0.4 is 4.74 Å². The fourth-order valence-corrected chi connectivity index (χ4v) is 2.65. The maximum absolute atomic E-state index is 12.4. The van der Waals surface area contributed by atoms with Crippen LogP contribution in [0.3, 0.4) is 0 Å². The van der Waals surface area contributed by atoms with Crippen LogP contribution in [0.25, 0.3) is 0 Å². The molecule has 2 rings (SSSR count). The molecule has 0 saturated heterocycles. The third kappa shape index (κ3) is 5.52. The van der Waals surface area contributed by atoms with Crippen molar-refractivity contribution in [2.45, 2.75) is 46.0 Å². The summed E-state index contributed by atoms with van der Waals surface area (Å²) >= 11 is 0. The van der Waals surface area contributed by atoms with Crippen LogP contribution in [0.5, 0.6) is 17.2 Å². The van der Waals surface area contributed by atoms with Crippen LogP contribution >= 0.6 is 0 Å². The molecule has 0 fully saturated rings. The monoisotopic (exact) mass is 342 g/mol. The molecule has 0 heterocycles. The summed E-state index contributed by atoms with van der Waals surface area (Å²) in [4.78, 5) is 12.4. The van der Waals surface area contributed by atoms with E-state index >= 15 is 0 Å². The van der Waals surface area contributed by atoms with Gasteiger partial charge in [0.05, 0.1) is 5.56 Å². The number of carbonyl (C=O) groups excluding carboxylic acids is 1. The summed E-state index contributed by atoms with van der Waals surface area (Å²) in [7, 11) is 0. The summed E-state index contributed by atoms with van der Waals surface area (Å²) in [5.74, 6) is 0.113. The molecule has 0 aliphatic carbocycles. The van der Waals surface area contributed by atoms with Crippen molar-refractivity contribution in [3.63, 3.8) is 0 Å². The molecule has 0 spiro atoms. The first-order valence-electron chi connectivity index (χ1n) is 8.78. The van der Waals surface area contributed by atoms with Crippen LogP contribution in [-0.4, -0.2) is 22.6 Å². The third-order valence-electron chi connectivity index (χ3n) is 4.19. The van der Waals surface area contributed by atoms with E-state index in [9.17, 15) is 15.0 Å². The minimum atomic E-state index is -0.312. The van der Waals surface area contributed by atoms with E-state index in [4.69, 9.17) is 4.74 Å². The van der Waals surface area contributed by atoms with Crippen LogP contribution in [-0.2, 0) is 6.42 Å². The van der Waals surface area contributed by atoms with E-state index in [0.717, 1.165) is 31.2 Å². The second-order valence-electron chi connectivity index (χ2n) is 6.33. The van der Waals surface area contributed by atoms with Gasteiger partial charge in [-0.25, -0.2) is 0 Å². The number of rotatable bonds is 9. The molecule has 0 aliphatic heterocycles. The average molecular weight is 342 g/mol. The first kappa shape index (κ1) is 18.8. The topological polar surface area (TPSA) is 66.8 Å². The highest BCUT2D eigenvalue weighted by molar-refractivity contribution is 6.00. The third-order valence-corrected chi connectivity index (χ3v) is 4.19. The van der Waals surface area contributed by atoms with Crippen LogP contribution in [0.2, 0.25) is 0 Å². The highest BCUT2D eigenvalue weighted by Gasteiger charge is 2.16. The number of carbonyl (C=O) groups is 1. The highest BCUT2D eigenvalue weighted by Crippen LogP contribution is 2.29. The van der Waals surface area contributed by atoms with Gasteiger partial charge in [-0.2, -0.15) is 0 Å². The molecule has 2 aromatic carbocycles. The lowest BCUT2D eigenvalue weighted by Crippen LogP contribution is -2.12. The van der Waals surface area contributed by atoms with E-state index in [0.29, 0.717) is 17.7 Å². The van der Waals surface area contributed by atoms with Crippen LogP contribution in [0.15, 0.2) is 36.4 Å². The van der Waals surface area contributed by atoms with Crippen molar-refractivity contribution in [1.82, 2.24) is 0 Å². The zero-order valence-corrected chi connectivity index (χ0v) is 14.9. The predicted octanol–water partition coefficient (Wildman–Crippen LogP) is 4.79. The molecule has 2 aromatic rings. The SMILES string of the molecule is CCCCCCc1cc(C(=O)COc2ccc(C)cc2)c(O)cc1O. The number of benzene rings is 2. The van der Waals surface area contributed by atoms with E-state index in [1.165, 1.54) is 6.07 Å². The summed E-state index contributed by atoms with van der Waals surface area (Å²) in [5.41, 5.74) is 1.99. The molecule has 0 atom stereocenters. The molecule has 0 radical (unpaired) electrons. The molecule has 4 nitrogen and oxygen atoms in total. The lowest BCUT2D eigenvalue weighted by atomic mass is 10.0. The van der Waals surface area contributed by atoms with Gasteiger partial charge in [-0.05, 0) is 43.5 Å². The van der Waals surface area contributed by atoms with Crippen molar-refractivity contribution in [3.05, 3.63) is 53.1 Å². The molecule has 0 amide bonds. The maximum atomic E-state index is 12.4. The molecule has 2 N–H and O–H groups in total. The van der Waals surface area contributed by atoms with E-state index < -0.39 is 0 Å². The van der Waals surface area contributed by atoms with Gasteiger partial charge in [0.1, 0.15) is 17.2 Å². The summed E-state index contributed by atoms with van der Waals surface area (Å²) in [6.07, 6.45) is 5.00. The van der Waals surface area contributed by atoms with E-state index in [1.807, 2.05) is 19.1 Å².